The summed E-state index contributed by atoms with van der Waals surface area (Å²) in [4.78, 5) is 39.3. The van der Waals surface area contributed by atoms with Gasteiger partial charge in [-0.2, -0.15) is 0 Å². The van der Waals surface area contributed by atoms with Crippen LogP contribution < -0.4 is 5.32 Å². The predicted octanol–water partition coefficient (Wildman–Crippen LogP) is 3.12. The molecule has 2 aromatic rings. The molecule has 2 aliphatic rings. The third kappa shape index (κ3) is 3.75. The van der Waals surface area contributed by atoms with Gasteiger partial charge in [-0.15, -0.1) is 0 Å². The van der Waals surface area contributed by atoms with E-state index in [1.165, 1.54) is 4.90 Å². The van der Waals surface area contributed by atoms with Crippen LogP contribution in [0.1, 0.15) is 43.0 Å². The molecule has 2 N–H and O–H groups in total. The minimum atomic E-state index is -0.985. The first-order valence-electron chi connectivity index (χ1n) is 9.94. The lowest BCUT2D eigenvalue weighted by Gasteiger charge is -2.33. The van der Waals surface area contributed by atoms with Crippen molar-refractivity contribution in [3.05, 3.63) is 59.7 Å². The second-order valence-corrected chi connectivity index (χ2v) is 7.91. The van der Waals surface area contributed by atoms with Crippen LogP contribution in [0.2, 0.25) is 0 Å². The van der Waals surface area contributed by atoms with Gasteiger partial charge in [0.15, 0.2) is 0 Å². The molecule has 2 heterocycles. The molecule has 0 aromatic heterocycles. The molecule has 6 nitrogen and oxygen atoms in total. The average molecular weight is 392 g/mol. The van der Waals surface area contributed by atoms with Gasteiger partial charge in [-0.25, -0.2) is 4.79 Å². The number of hydrogen-bond acceptors (Lipinski definition) is 3. The van der Waals surface area contributed by atoms with Gasteiger partial charge in [-0.1, -0.05) is 42.0 Å². The summed E-state index contributed by atoms with van der Waals surface area (Å²) in [6, 6.07) is 11.5. The van der Waals surface area contributed by atoms with E-state index in [1.807, 2.05) is 37.3 Å². The maximum absolute atomic E-state index is 13.2. The number of benzene rings is 2. The molecule has 3 unspecified atom stereocenters. The summed E-state index contributed by atoms with van der Waals surface area (Å²) in [6.07, 6.45) is 4.21. The Balaban J connectivity index is 1.60. The SMILES string of the molecule is CC1=CCC2CCC(C(=O)O)N2C(=O)C(NC(=O)c2ccc3ccccc3c2)C1. The van der Waals surface area contributed by atoms with Gasteiger partial charge in [-0.3, -0.25) is 9.59 Å². The molecule has 1 fully saturated rings. The normalized spacial score (nSPS) is 24.4. The minimum absolute atomic E-state index is 0.126. The van der Waals surface area contributed by atoms with E-state index in [-0.39, 0.29) is 17.9 Å². The van der Waals surface area contributed by atoms with Crippen LogP contribution in [0.15, 0.2) is 54.1 Å². The summed E-state index contributed by atoms with van der Waals surface area (Å²) in [6.45, 7) is 1.95. The number of fused-ring (bicyclic) bond motifs is 2. The number of carboxylic acid groups (broad SMARTS) is 1. The molecule has 2 aromatic carbocycles. The third-order valence-electron chi connectivity index (χ3n) is 5.92. The van der Waals surface area contributed by atoms with Gasteiger partial charge >= 0.3 is 5.97 Å². The molecule has 3 atom stereocenters. The topological polar surface area (TPSA) is 86.7 Å². The lowest BCUT2D eigenvalue weighted by atomic mass is 9.98. The summed E-state index contributed by atoms with van der Waals surface area (Å²) in [7, 11) is 0. The Labute approximate surface area is 169 Å². The quantitative estimate of drug-likeness (QED) is 0.786. The van der Waals surface area contributed by atoms with Crippen LogP contribution in [0.4, 0.5) is 0 Å². The molecule has 150 valence electrons. The van der Waals surface area contributed by atoms with Crippen molar-refractivity contribution in [1.82, 2.24) is 10.2 Å². The number of hydrogen-bond donors (Lipinski definition) is 2. The Hall–Kier alpha value is -3.15. The molecule has 0 aliphatic carbocycles. The van der Waals surface area contributed by atoms with Crippen LogP contribution >= 0.6 is 0 Å². The highest BCUT2D eigenvalue weighted by molar-refractivity contribution is 6.01. The first-order chi connectivity index (χ1) is 13.9. The second kappa shape index (κ2) is 7.70. The van der Waals surface area contributed by atoms with Gasteiger partial charge in [0.1, 0.15) is 12.1 Å². The van der Waals surface area contributed by atoms with Crippen molar-refractivity contribution in [1.29, 1.82) is 0 Å². The molecule has 2 aliphatic heterocycles. The molecule has 2 amide bonds. The van der Waals surface area contributed by atoms with E-state index in [2.05, 4.69) is 11.4 Å². The van der Waals surface area contributed by atoms with Crippen LogP contribution in [-0.2, 0) is 9.59 Å². The number of carbonyl (C=O) groups excluding carboxylic acids is 2. The summed E-state index contributed by atoms with van der Waals surface area (Å²) in [5, 5.41) is 14.4. The zero-order valence-electron chi connectivity index (χ0n) is 16.3. The van der Waals surface area contributed by atoms with Crippen LogP contribution in [0.5, 0.6) is 0 Å². The fourth-order valence-corrected chi connectivity index (χ4v) is 4.39. The fraction of sp³-hybridized carbons (Fsp3) is 0.348. The maximum Gasteiger partial charge on any atom is 0.326 e. The summed E-state index contributed by atoms with van der Waals surface area (Å²) in [5.74, 6) is -1.62. The van der Waals surface area contributed by atoms with Gasteiger partial charge in [0, 0.05) is 11.6 Å². The van der Waals surface area contributed by atoms with Crippen molar-refractivity contribution in [3.63, 3.8) is 0 Å². The van der Waals surface area contributed by atoms with E-state index in [1.54, 1.807) is 12.1 Å². The Kier molecular flexibility index (Phi) is 5.09. The molecule has 0 saturated carbocycles. The van der Waals surface area contributed by atoms with Gasteiger partial charge in [0.25, 0.3) is 5.91 Å². The number of carbonyl (C=O) groups is 3. The van der Waals surface area contributed by atoms with Crippen molar-refractivity contribution < 1.29 is 19.5 Å². The molecular formula is C23H24N2O4. The van der Waals surface area contributed by atoms with E-state index < -0.39 is 18.1 Å². The molecule has 0 bridgehead atoms. The van der Waals surface area contributed by atoms with Crippen molar-refractivity contribution >= 4 is 28.6 Å². The molecule has 4 rings (SSSR count). The zero-order chi connectivity index (χ0) is 20.5. The maximum atomic E-state index is 13.2. The number of nitrogens with one attached hydrogen (secondary N) is 1. The van der Waals surface area contributed by atoms with E-state index >= 15 is 0 Å². The number of aliphatic carboxylic acids is 1. The summed E-state index contributed by atoms with van der Waals surface area (Å²) < 4.78 is 0. The molecule has 0 radical (unpaired) electrons. The number of rotatable bonds is 3. The zero-order valence-corrected chi connectivity index (χ0v) is 16.3. The van der Waals surface area contributed by atoms with Crippen LogP contribution in [0.25, 0.3) is 10.8 Å². The smallest absolute Gasteiger partial charge is 0.326 e. The highest BCUT2D eigenvalue weighted by atomic mass is 16.4. The Morgan fingerprint density at radius 2 is 1.86 bits per heavy atom. The highest BCUT2D eigenvalue weighted by Gasteiger charge is 2.43. The molecule has 0 spiro atoms. The van der Waals surface area contributed by atoms with E-state index in [0.717, 1.165) is 16.3 Å². The fourth-order valence-electron chi connectivity index (χ4n) is 4.39. The molecule has 29 heavy (non-hydrogen) atoms. The molecule has 6 heteroatoms. The lowest BCUT2D eigenvalue weighted by Crippen LogP contribution is -2.54. The van der Waals surface area contributed by atoms with E-state index in [9.17, 15) is 19.5 Å². The van der Waals surface area contributed by atoms with Gasteiger partial charge in [-0.05, 0) is 55.5 Å². The van der Waals surface area contributed by atoms with Crippen molar-refractivity contribution in [2.45, 2.75) is 50.7 Å². The largest absolute Gasteiger partial charge is 0.480 e. The molecule has 1 saturated heterocycles. The lowest BCUT2D eigenvalue weighted by molar-refractivity contribution is -0.150. The van der Waals surface area contributed by atoms with E-state index in [0.29, 0.717) is 31.2 Å². The average Bonchev–Trinajstić information content (AvgIpc) is 3.14. The number of amides is 2. The summed E-state index contributed by atoms with van der Waals surface area (Å²) in [5.41, 5.74) is 1.51. The third-order valence-corrected chi connectivity index (χ3v) is 5.92. The predicted molar refractivity (Wildman–Crippen MR) is 109 cm³/mol. The first-order valence-corrected chi connectivity index (χ1v) is 9.94. The van der Waals surface area contributed by atoms with E-state index in [4.69, 9.17) is 0 Å². The van der Waals surface area contributed by atoms with Gasteiger partial charge < -0.3 is 15.3 Å². The van der Waals surface area contributed by atoms with Crippen LogP contribution in [0.3, 0.4) is 0 Å². The standard InChI is InChI=1S/C23H24N2O4/c1-14-6-9-18-10-11-20(23(28)29)25(18)22(27)19(12-14)24-21(26)17-8-7-15-4-2-3-5-16(15)13-17/h2-8,13,18-20H,9-12H2,1H3,(H,24,26)(H,28,29). The van der Waals surface area contributed by atoms with Gasteiger partial charge in [0.05, 0.1) is 0 Å². The molecular weight excluding hydrogens is 368 g/mol. The van der Waals surface area contributed by atoms with Crippen LogP contribution in [-0.4, -0.2) is 45.9 Å². The van der Waals surface area contributed by atoms with Crippen molar-refractivity contribution in [2.75, 3.05) is 0 Å². The van der Waals surface area contributed by atoms with Crippen molar-refractivity contribution in [2.24, 2.45) is 0 Å². The monoisotopic (exact) mass is 392 g/mol. The van der Waals surface area contributed by atoms with Crippen LogP contribution in [0, 0.1) is 0 Å². The second-order valence-electron chi connectivity index (χ2n) is 7.91. The Morgan fingerprint density at radius 3 is 2.62 bits per heavy atom. The number of nitrogens with zero attached hydrogens (tertiary/aromatic N) is 1. The minimum Gasteiger partial charge on any atom is -0.480 e. The highest BCUT2D eigenvalue weighted by Crippen LogP contribution is 2.31. The first kappa shape index (κ1) is 19.2. The number of carboxylic acids is 1. The summed E-state index contributed by atoms with van der Waals surface area (Å²) >= 11 is 0. The van der Waals surface area contributed by atoms with Crippen molar-refractivity contribution in [3.8, 4) is 0 Å². The van der Waals surface area contributed by atoms with Gasteiger partial charge in [0.2, 0.25) is 5.91 Å². The Bertz CT molecular complexity index is 1010. The Morgan fingerprint density at radius 1 is 1.10 bits per heavy atom.